The van der Waals surface area contributed by atoms with Gasteiger partial charge in [-0.25, -0.2) is 0 Å². The third kappa shape index (κ3) is 2.30. The van der Waals surface area contributed by atoms with Gasteiger partial charge in [0.25, 0.3) is 0 Å². The van der Waals surface area contributed by atoms with Crippen LogP contribution in [0.1, 0.15) is 58.3 Å². The van der Waals surface area contributed by atoms with Crippen LogP contribution in [0.2, 0.25) is 0 Å². The Bertz CT molecular complexity index is 230. The highest BCUT2D eigenvalue weighted by molar-refractivity contribution is 4.98. The largest absolute Gasteiger partial charge is 0.300 e. The smallest absolute Gasteiger partial charge is 0.00954 e. The third-order valence-corrected chi connectivity index (χ3v) is 5.29. The van der Waals surface area contributed by atoms with E-state index in [-0.39, 0.29) is 0 Å². The van der Waals surface area contributed by atoms with Crippen LogP contribution in [-0.2, 0) is 0 Å². The van der Waals surface area contributed by atoms with E-state index in [0.29, 0.717) is 0 Å². The molecular weight excluding hydrogens is 194 g/mol. The van der Waals surface area contributed by atoms with Crippen molar-refractivity contribution in [3.05, 3.63) is 0 Å². The minimum Gasteiger partial charge on any atom is -0.300 e. The minimum absolute atomic E-state index is 0.948. The van der Waals surface area contributed by atoms with E-state index in [1.54, 1.807) is 6.42 Å². The molecule has 3 rings (SSSR count). The average Bonchev–Trinajstić information content (AvgIpc) is 2.96. The lowest BCUT2D eigenvalue weighted by Gasteiger charge is -2.38. The molecule has 1 nitrogen and oxygen atoms in total. The Morgan fingerprint density at radius 3 is 2.25 bits per heavy atom. The summed E-state index contributed by atoms with van der Waals surface area (Å²) in [6, 6.07) is 0.948. The van der Waals surface area contributed by atoms with Gasteiger partial charge in [0, 0.05) is 19.1 Å². The van der Waals surface area contributed by atoms with Crippen molar-refractivity contribution in [1.82, 2.24) is 4.90 Å². The van der Waals surface area contributed by atoms with Crippen molar-refractivity contribution in [2.75, 3.05) is 13.1 Å². The molecule has 2 saturated carbocycles. The number of nitrogens with zero attached hydrogens (tertiary/aromatic N) is 1. The Hall–Kier alpha value is -0.0400. The van der Waals surface area contributed by atoms with E-state index < -0.39 is 0 Å². The predicted octanol–water partition coefficient (Wildman–Crippen LogP) is 3.69. The Kier molecular flexibility index (Phi) is 3.24. The van der Waals surface area contributed by atoms with Gasteiger partial charge in [-0.1, -0.05) is 39.0 Å². The zero-order valence-electron chi connectivity index (χ0n) is 10.8. The zero-order valence-corrected chi connectivity index (χ0v) is 10.8. The first kappa shape index (κ1) is 11.1. The van der Waals surface area contributed by atoms with Crippen LogP contribution in [0.3, 0.4) is 0 Å². The number of likely N-dealkylation sites (tertiary alicyclic amines) is 1. The first-order chi connectivity index (χ1) is 7.84. The second kappa shape index (κ2) is 4.68. The van der Waals surface area contributed by atoms with Crippen LogP contribution >= 0.6 is 0 Å². The van der Waals surface area contributed by atoms with Crippen LogP contribution in [0.5, 0.6) is 0 Å². The van der Waals surface area contributed by atoms with Gasteiger partial charge in [-0.15, -0.1) is 0 Å². The number of rotatable bonds is 1. The molecule has 0 aromatic heterocycles. The predicted molar refractivity (Wildman–Crippen MR) is 68.4 cm³/mol. The summed E-state index contributed by atoms with van der Waals surface area (Å²) < 4.78 is 0. The molecule has 3 aliphatic rings. The molecule has 0 N–H and O–H groups in total. The van der Waals surface area contributed by atoms with Crippen LogP contribution in [-0.4, -0.2) is 24.0 Å². The van der Waals surface area contributed by atoms with Gasteiger partial charge in [-0.2, -0.15) is 0 Å². The fourth-order valence-corrected chi connectivity index (χ4v) is 4.16. The molecule has 0 spiro atoms. The molecule has 2 aliphatic carbocycles. The highest BCUT2D eigenvalue weighted by Crippen LogP contribution is 2.48. The normalized spacial score (nSPS) is 42.2. The van der Waals surface area contributed by atoms with Crippen molar-refractivity contribution in [3.63, 3.8) is 0 Å². The SMILES string of the molecule is CC1CN(C2CCCCCCC2)C[C@@H]2CC12. The maximum Gasteiger partial charge on any atom is 0.00954 e. The summed E-state index contributed by atoms with van der Waals surface area (Å²) in [7, 11) is 0. The lowest BCUT2D eigenvalue weighted by Crippen LogP contribution is -2.43. The van der Waals surface area contributed by atoms with Gasteiger partial charge in [0.2, 0.25) is 0 Å². The van der Waals surface area contributed by atoms with Crippen molar-refractivity contribution in [2.24, 2.45) is 17.8 Å². The van der Waals surface area contributed by atoms with Crippen LogP contribution in [0, 0.1) is 17.8 Å². The second-order valence-electron chi connectivity index (χ2n) is 6.59. The molecular formula is C15H27N. The standard InChI is InChI=1S/C15H27N/c1-12-10-16(11-13-9-15(12)13)14-7-5-3-2-4-6-8-14/h12-15H,2-11H2,1H3/t12?,13-,15?/m0/s1. The topological polar surface area (TPSA) is 3.24 Å². The number of piperidine rings is 1. The van der Waals surface area contributed by atoms with Crippen molar-refractivity contribution in [3.8, 4) is 0 Å². The first-order valence-corrected chi connectivity index (χ1v) is 7.58. The number of fused-ring (bicyclic) bond motifs is 1. The van der Waals surface area contributed by atoms with Crippen LogP contribution < -0.4 is 0 Å². The quantitative estimate of drug-likeness (QED) is 0.653. The Balaban J connectivity index is 1.57. The molecule has 1 aliphatic heterocycles. The lowest BCUT2D eigenvalue weighted by atomic mass is 9.92. The maximum atomic E-state index is 2.87. The van der Waals surface area contributed by atoms with Gasteiger partial charge in [0.1, 0.15) is 0 Å². The molecule has 0 radical (unpaired) electrons. The molecule has 92 valence electrons. The Labute approximate surface area is 101 Å². The second-order valence-corrected chi connectivity index (χ2v) is 6.59. The fourth-order valence-electron chi connectivity index (χ4n) is 4.16. The van der Waals surface area contributed by atoms with Crippen LogP contribution in [0.4, 0.5) is 0 Å². The summed E-state index contributed by atoms with van der Waals surface area (Å²) in [5, 5.41) is 0. The van der Waals surface area contributed by atoms with Gasteiger partial charge in [-0.05, 0) is 37.0 Å². The van der Waals surface area contributed by atoms with E-state index in [1.165, 1.54) is 58.0 Å². The van der Waals surface area contributed by atoms with Gasteiger partial charge in [-0.3, -0.25) is 4.90 Å². The van der Waals surface area contributed by atoms with Crippen molar-refractivity contribution in [1.29, 1.82) is 0 Å². The van der Waals surface area contributed by atoms with Crippen molar-refractivity contribution in [2.45, 2.75) is 64.3 Å². The van der Waals surface area contributed by atoms with E-state index in [0.717, 1.165) is 23.8 Å². The number of hydrogen-bond donors (Lipinski definition) is 0. The van der Waals surface area contributed by atoms with Crippen LogP contribution in [0.15, 0.2) is 0 Å². The van der Waals surface area contributed by atoms with Gasteiger partial charge in [0.05, 0.1) is 0 Å². The summed E-state index contributed by atoms with van der Waals surface area (Å²) >= 11 is 0. The molecule has 0 aromatic rings. The van der Waals surface area contributed by atoms with Crippen molar-refractivity contribution < 1.29 is 0 Å². The zero-order chi connectivity index (χ0) is 11.0. The Morgan fingerprint density at radius 1 is 0.875 bits per heavy atom. The summed E-state index contributed by atoms with van der Waals surface area (Å²) in [5.41, 5.74) is 0. The number of hydrogen-bond acceptors (Lipinski definition) is 1. The molecule has 2 unspecified atom stereocenters. The molecule has 0 amide bonds. The first-order valence-electron chi connectivity index (χ1n) is 7.58. The molecule has 1 heterocycles. The highest BCUT2D eigenvalue weighted by atomic mass is 15.2. The fraction of sp³-hybridized carbons (Fsp3) is 1.00. The molecule has 3 atom stereocenters. The lowest BCUT2D eigenvalue weighted by molar-refractivity contribution is 0.104. The van der Waals surface area contributed by atoms with Gasteiger partial charge < -0.3 is 0 Å². The van der Waals surface area contributed by atoms with E-state index >= 15 is 0 Å². The third-order valence-electron chi connectivity index (χ3n) is 5.29. The molecule has 0 aromatic carbocycles. The van der Waals surface area contributed by atoms with E-state index in [2.05, 4.69) is 11.8 Å². The monoisotopic (exact) mass is 221 g/mol. The highest BCUT2D eigenvalue weighted by Gasteiger charge is 2.46. The van der Waals surface area contributed by atoms with Crippen LogP contribution in [0.25, 0.3) is 0 Å². The summed E-state index contributed by atoms with van der Waals surface area (Å²) in [6.45, 7) is 5.34. The van der Waals surface area contributed by atoms with E-state index in [4.69, 9.17) is 0 Å². The molecule has 1 saturated heterocycles. The van der Waals surface area contributed by atoms with Gasteiger partial charge >= 0.3 is 0 Å². The van der Waals surface area contributed by atoms with Crippen molar-refractivity contribution >= 4 is 0 Å². The average molecular weight is 221 g/mol. The van der Waals surface area contributed by atoms with E-state index in [1.807, 2.05) is 0 Å². The summed E-state index contributed by atoms with van der Waals surface area (Å²) in [4.78, 5) is 2.87. The maximum absolute atomic E-state index is 2.87. The molecule has 0 bridgehead atoms. The summed E-state index contributed by atoms with van der Waals surface area (Å²) in [6.07, 6.45) is 12.0. The molecule has 3 fully saturated rings. The van der Waals surface area contributed by atoms with Gasteiger partial charge in [0.15, 0.2) is 0 Å². The molecule has 16 heavy (non-hydrogen) atoms. The molecule has 1 heteroatoms. The van der Waals surface area contributed by atoms with E-state index in [9.17, 15) is 0 Å². The minimum atomic E-state index is 0.948. The summed E-state index contributed by atoms with van der Waals surface area (Å²) in [5.74, 6) is 3.20. The Morgan fingerprint density at radius 2 is 1.56 bits per heavy atom.